The summed E-state index contributed by atoms with van der Waals surface area (Å²) in [5.74, 6) is -0.467. The minimum atomic E-state index is -0.384. The van der Waals surface area contributed by atoms with Crippen molar-refractivity contribution in [3.05, 3.63) is 40.3 Å². The van der Waals surface area contributed by atoms with Gasteiger partial charge in [-0.25, -0.2) is 4.79 Å². The Morgan fingerprint density at radius 3 is 2.32 bits per heavy atom. The monoisotopic (exact) mass is 335 g/mol. The molecule has 0 aromatic heterocycles. The van der Waals surface area contributed by atoms with Gasteiger partial charge in [0.25, 0.3) is 5.91 Å². The molecule has 1 aromatic carbocycles. The van der Waals surface area contributed by atoms with Crippen LogP contribution in [0.25, 0.3) is 6.08 Å². The number of methoxy groups -OCH3 is 1. The van der Waals surface area contributed by atoms with Crippen LogP contribution in [0.5, 0.6) is 0 Å². The zero-order chi connectivity index (χ0) is 16.5. The van der Waals surface area contributed by atoms with Crippen LogP contribution in [0.2, 0.25) is 0 Å². The van der Waals surface area contributed by atoms with Crippen molar-refractivity contribution < 1.29 is 14.3 Å². The van der Waals surface area contributed by atoms with Crippen LogP contribution in [0.4, 0.5) is 0 Å². The number of ether oxygens (including phenoxy) is 1. The molecule has 116 valence electrons. The number of hydrogen-bond donors (Lipinski definition) is 0. The van der Waals surface area contributed by atoms with Gasteiger partial charge in [-0.1, -0.05) is 36.1 Å². The molecule has 0 saturated carbocycles. The lowest BCUT2D eigenvalue weighted by molar-refractivity contribution is -0.125. The number of benzene rings is 1. The van der Waals surface area contributed by atoms with E-state index < -0.39 is 0 Å². The molecule has 1 saturated heterocycles. The molecular formula is C16H17NO3S2. The van der Waals surface area contributed by atoms with Gasteiger partial charge in [0.15, 0.2) is 0 Å². The summed E-state index contributed by atoms with van der Waals surface area (Å²) in [7, 11) is 1.34. The molecule has 1 amide bonds. The smallest absolute Gasteiger partial charge is 0.337 e. The minimum absolute atomic E-state index is 0.0838. The molecule has 1 aliphatic heterocycles. The van der Waals surface area contributed by atoms with E-state index in [0.717, 1.165) is 5.56 Å². The zero-order valence-corrected chi connectivity index (χ0v) is 14.5. The quantitative estimate of drug-likeness (QED) is 0.470. The Balaban J connectivity index is 2.25. The molecule has 6 heteroatoms. The number of carbonyl (C=O) groups is 2. The van der Waals surface area contributed by atoms with E-state index >= 15 is 0 Å². The van der Waals surface area contributed by atoms with Crippen LogP contribution in [0, 0.1) is 0 Å². The van der Waals surface area contributed by atoms with Gasteiger partial charge in [-0.15, -0.1) is 0 Å². The van der Waals surface area contributed by atoms with Gasteiger partial charge in [0.2, 0.25) is 0 Å². The highest BCUT2D eigenvalue weighted by molar-refractivity contribution is 8.26. The minimum Gasteiger partial charge on any atom is -0.465 e. The largest absolute Gasteiger partial charge is 0.465 e. The summed E-state index contributed by atoms with van der Waals surface area (Å²) in [6.07, 6.45) is 1.78. The van der Waals surface area contributed by atoms with Crippen LogP contribution in [0.15, 0.2) is 29.2 Å². The van der Waals surface area contributed by atoms with Gasteiger partial charge in [0.05, 0.1) is 17.6 Å². The Labute approximate surface area is 139 Å². The summed E-state index contributed by atoms with van der Waals surface area (Å²) in [6.45, 7) is 5.85. The number of carbonyl (C=O) groups excluding carboxylic acids is 2. The van der Waals surface area contributed by atoms with E-state index in [1.807, 2.05) is 20.8 Å². The van der Waals surface area contributed by atoms with Crippen LogP contribution < -0.4 is 0 Å². The summed E-state index contributed by atoms with van der Waals surface area (Å²) < 4.78 is 5.22. The van der Waals surface area contributed by atoms with Crippen molar-refractivity contribution in [2.24, 2.45) is 0 Å². The van der Waals surface area contributed by atoms with E-state index in [2.05, 4.69) is 4.74 Å². The fraction of sp³-hybridized carbons (Fsp3) is 0.312. The second-order valence-electron chi connectivity index (χ2n) is 5.80. The van der Waals surface area contributed by atoms with Crippen molar-refractivity contribution >= 4 is 46.3 Å². The molecule has 1 aliphatic rings. The Kier molecular flexibility index (Phi) is 4.72. The number of nitrogens with zero attached hydrogens (tertiary/aromatic N) is 1. The molecule has 0 unspecified atom stereocenters. The second-order valence-corrected chi connectivity index (χ2v) is 7.48. The number of thioether (sulfide) groups is 1. The van der Waals surface area contributed by atoms with Crippen molar-refractivity contribution in [1.29, 1.82) is 0 Å². The van der Waals surface area contributed by atoms with Gasteiger partial charge in [0, 0.05) is 5.54 Å². The molecule has 0 atom stereocenters. The predicted molar refractivity (Wildman–Crippen MR) is 92.5 cm³/mol. The number of esters is 1. The molecule has 0 bridgehead atoms. The van der Waals surface area contributed by atoms with Gasteiger partial charge in [0.1, 0.15) is 4.32 Å². The molecule has 1 aromatic rings. The first kappa shape index (κ1) is 16.7. The molecule has 0 N–H and O–H groups in total. The lowest BCUT2D eigenvalue weighted by Gasteiger charge is -2.30. The fourth-order valence-corrected chi connectivity index (χ4v) is 3.67. The summed E-state index contributed by atoms with van der Waals surface area (Å²) in [6, 6.07) is 6.89. The van der Waals surface area contributed by atoms with Gasteiger partial charge >= 0.3 is 5.97 Å². The lowest BCUT2D eigenvalue weighted by atomic mass is 10.1. The first-order chi connectivity index (χ1) is 10.2. The highest BCUT2D eigenvalue weighted by atomic mass is 32.2. The maximum atomic E-state index is 12.5. The van der Waals surface area contributed by atoms with Crippen LogP contribution in [-0.2, 0) is 9.53 Å². The summed E-state index contributed by atoms with van der Waals surface area (Å²) >= 11 is 6.59. The maximum Gasteiger partial charge on any atom is 0.337 e. The molecule has 4 nitrogen and oxygen atoms in total. The highest BCUT2D eigenvalue weighted by Gasteiger charge is 2.38. The van der Waals surface area contributed by atoms with Crippen molar-refractivity contribution in [2.45, 2.75) is 26.3 Å². The van der Waals surface area contributed by atoms with Gasteiger partial charge in [-0.05, 0) is 44.5 Å². The predicted octanol–water partition coefficient (Wildman–Crippen LogP) is 3.47. The third-order valence-corrected chi connectivity index (χ3v) is 4.40. The van der Waals surface area contributed by atoms with Crippen molar-refractivity contribution in [3.8, 4) is 0 Å². The third kappa shape index (κ3) is 3.39. The molecule has 1 fully saturated rings. The van der Waals surface area contributed by atoms with E-state index in [9.17, 15) is 9.59 Å². The lowest BCUT2D eigenvalue weighted by Crippen LogP contribution is -2.44. The van der Waals surface area contributed by atoms with E-state index in [4.69, 9.17) is 12.2 Å². The fourth-order valence-electron chi connectivity index (χ4n) is 2.03. The molecule has 22 heavy (non-hydrogen) atoms. The average Bonchev–Trinajstić information content (AvgIpc) is 2.73. The molecular weight excluding hydrogens is 318 g/mol. The first-order valence-corrected chi connectivity index (χ1v) is 7.93. The van der Waals surface area contributed by atoms with Gasteiger partial charge < -0.3 is 4.74 Å². The van der Waals surface area contributed by atoms with Crippen LogP contribution in [0.3, 0.4) is 0 Å². The first-order valence-electron chi connectivity index (χ1n) is 6.70. The Hall–Kier alpha value is -1.66. The number of amides is 1. The van der Waals surface area contributed by atoms with E-state index in [1.54, 1.807) is 35.2 Å². The molecule has 2 rings (SSSR count). The SMILES string of the molecule is COC(=O)c1ccc(/C=C2\SC(=S)N(C(C)(C)C)C2=O)cc1. The van der Waals surface area contributed by atoms with E-state index in [-0.39, 0.29) is 17.4 Å². The summed E-state index contributed by atoms with van der Waals surface area (Å²) in [4.78, 5) is 26.1. The third-order valence-electron chi connectivity index (χ3n) is 3.09. The van der Waals surface area contributed by atoms with Gasteiger partial charge in [-0.2, -0.15) is 0 Å². The Morgan fingerprint density at radius 2 is 1.86 bits per heavy atom. The summed E-state index contributed by atoms with van der Waals surface area (Å²) in [5, 5.41) is 0. The van der Waals surface area contributed by atoms with Crippen LogP contribution in [0.1, 0.15) is 36.7 Å². The maximum absolute atomic E-state index is 12.5. The van der Waals surface area contributed by atoms with Crippen LogP contribution >= 0.6 is 24.0 Å². The highest BCUT2D eigenvalue weighted by Crippen LogP contribution is 2.36. The number of hydrogen-bond acceptors (Lipinski definition) is 5. The number of rotatable bonds is 2. The second kappa shape index (κ2) is 6.22. The zero-order valence-electron chi connectivity index (χ0n) is 12.9. The van der Waals surface area contributed by atoms with Crippen molar-refractivity contribution in [2.75, 3.05) is 7.11 Å². The number of thiocarbonyl (C=S) groups is 1. The standard InChI is InChI=1S/C16H17NO3S2/c1-16(2,3)17-13(18)12(22-15(17)21)9-10-5-7-11(8-6-10)14(19)20-4/h5-9H,1-4H3/b12-9-. The van der Waals surface area contributed by atoms with E-state index in [1.165, 1.54) is 18.9 Å². The average molecular weight is 335 g/mol. The Bertz CT molecular complexity index is 657. The molecule has 0 aliphatic carbocycles. The normalized spacial score (nSPS) is 17.3. The van der Waals surface area contributed by atoms with E-state index in [0.29, 0.717) is 14.8 Å². The topological polar surface area (TPSA) is 46.6 Å². The van der Waals surface area contributed by atoms with Crippen LogP contribution in [-0.4, -0.2) is 33.7 Å². The summed E-state index contributed by atoms with van der Waals surface area (Å²) in [5.41, 5.74) is 0.967. The Morgan fingerprint density at radius 1 is 1.27 bits per heavy atom. The molecule has 1 heterocycles. The molecule has 0 radical (unpaired) electrons. The van der Waals surface area contributed by atoms with Crippen molar-refractivity contribution in [3.63, 3.8) is 0 Å². The van der Waals surface area contributed by atoms with Gasteiger partial charge in [-0.3, -0.25) is 9.69 Å². The van der Waals surface area contributed by atoms with Crippen molar-refractivity contribution in [1.82, 2.24) is 4.90 Å². The molecule has 0 spiro atoms.